The van der Waals surface area contributed by atoms with Gasteiger partial charge in [-0.25, -0.2) is 0 Å². The number of nitrogens with zero attached hydrogens (tertiary/aromatic N) is 1. The van der Waals surface area contributed by atoms with Gasteiger partial charge in [-0.2, -0.15) is 0 Å². The molecule has 0 fully saturated rings. The molecule has 0 aliphatic carbocycles. The molecule has 3 rings (SSSR count). The number of para-hydroxylation sites is 1. The maximum Gasteiger partial charge on any atom is 0.258 e. The van der Waals surface area contributed by atoms with Gasteiger partial charge in [0.2, 0.25) is 0 Å². The van der Waals surface area contributed by atoms with E-state index < -0.39 is 13.2 Å². The normalized spacial score (nSPS) is 13.8. The Hall–Kier alpha value is -2.75. The highest BCUT2D eigenvalue weighted by Crippen LogP contribution is 2.59. The van der Waals surface area contributed by atoms with Crippen LogP contribution in [0.25, 0.3) is 0 Å². The van der Waals surface area contributed by atoms with Crippen LogP contribution in [0.15, 0.2) is 78.9 Å². The zero-order chi connectivity index (χ0) is 23.0. The molecule has 0 spiro atoms. The first-order chi connectivity index (χ1) is 15.5. The zero-order valence-corrected chi connectivity index (χ0v) is 20.2. The number of ether oxygens (including phenoxy) is 1. The Kier molecular flexibility index (Phi) is 8.38. The highest BCUT2D eigenvalue weighted by molar-refractivity contribution is 7.67. The topological polar surface area (TPSA) is 50.8 Å². The molecule has 0 amide bonds. The maximum absolute atomic E-state index is 14.7. The molecule has 5 nitrogen and oxygen atoms in total. The maximum atomic E-state index is 14.7. The van der Waals surface area contributed by atoms with Crippen LogP contribution in [0.4, 0.5) is 11.4 Å². The smallest absolute Gasteiger partial charge is 0.258 e. The number of hydrogen-bond donors (Lipinski definition) is 1. The van der Waals surface area contributed by atoms with E-state index >= 15 is 0 Å². The number of hydrogen-bond acceptors (Lipinski definition) is 5. The summed E-state index contributed by atoms with van der Waals surface area (Å²) < 4.78 is 26.3. The Morgan fingerprint density at radius 3 is 2.16 bits per heavy atom. The third-order valence-corrected chi connectivity index (χ3v) is 8.05. The summed E-state index contributed by atoms with van der Waals surface area (Å²) in [6.07, 6.45) is 1.82. The van der Waals surface area contributed by atoms with Gasteiger partial charge in [-0.05, 0) is 60.5 Å². The van der Waals surface area contributed by atoms with Gasteiger partial charge in [-0.15, -0.1) is 0 Å². The second-order valence-corrected chi connectivity index (χ2v) is 10.4. The lowest BCUT2D eigenvalue weighted by Crippen LogP contribution is -2.21. The monoisotopic (exact) mass is 452 g/mol. The molecule has 170 valence electrons. The van der Waals surface area contributed by atoms with Crippen LogP contribution in [-0.4, -0.2) is 27.8 Å². The van der Waals surface area contributed by atoms with E-state index in [1.165, 1.54) is 0 Å². The van der Waals surface area contributed by atoms with E-state index in [0.717, 1.165) is 35.5 Å². The lowest BCUT2D eigenvalue weighted by Gasteiger charge is -2.30. The van der Waals surface area contributed by atoms with E-state index in [9.17, 15) is 4.57 Å². The summed E-state index contributed by atoms with van der Waals surface area (Å²) in [6, 6.07) is 25.3. The minimum Gasteiger partial charge on any atom is -0.497 e. The summed E-state index contributed by atoms with van der Waals surface area (Å²) in [6.45, 7) is 2.54. The SMILES string of the molecule is CCCCO[P@](=O)(c1ccc(N(C)C)cc1)[C@H](Nc1ccccc1)c1ccc(OC)cc1. The van der Waals surface area contributed by atoms with Crippen molar-refractivity contribution in [3.63, 3.8) is 0 Å². The van der Waals surface area contributed by atoms with Gasteiger partial charge in [0.25, 0.3) is 7.37 Å². The molecule has 0 unspecified atom stereocenters. The molecule has 3 aromatic rings. The van der Waals surface area contributed by atoms with Gasteiger partial charge >= 0.3 is 0 Å². The second-order valence-electron chi connectivity index (χ2n) is 7.88. The summed E-state index contributed by atoms with van der Waals surface area (Å²) >= 11 is 0. The van der Waals surface area contributed by atoms with Crippen molar-refractivity contribution in [2.24, 2.45) is 0 Å². The van der Waals surface area contributed by atoms with Gasteiger partial charge in [-0.1, -0.05) is 43.7 Å². The lowest BCUT2D eigenvalue weighted by atomic mass is 10.2. The zero-order valence-electron chi connectivity index (χ0n) is 19.3. The fourth-order valence-electron chi connectivity index (χ4n) is 3.44. The average molecular weight is 453 g/mol. The van der Waals surface area contributed by atoms with Crippen molar-refractivity contribution in [3.8, 4) is 5.75 Å². The van der Waals surface area contributed by atoms with Gasteiger partial charge in [0.05, 0.1) is 13.7 Å². The number of unbranched alkanes of at least 4 members (excludes halogenated alkanes) is 1. The summed E-state index contributed by atoms with van der Waals surface area (Å²) in [5, 5.41) is 4.19. The number of methoxy groups -OCH3 is 1. The predicted molar refractivity (Wildman–Crippen MR) is 135 cm³/mol. The van der Waals surface area contributed by atoms with Gasteiger partial charge in [0.15, 0.2) is 0 Å². The molecule has 0 saturated heterocycles. The van der Waals surface area contributed by atoms with Crippen LogP contribution in [0, 0.1) is 0 Å². The van der Waals surface area contributed by atoms with Crippen LogP contribution in [0.5, 0.6) is 5.75 Å². The van der Waals surface area contributed by atoms with E-state index in [1.54, 1.807) is 7.11 Å². The van der Waals surface area contributed by atoms with Crippen molar-refractivity contribution < 1.29 is 13.8 Å². The number of rotatable bonds is 11. The summed E-state index contributed by atoms with van der Waals surface area (Å²) in [5.41, 5.74) is 2.81. The standard InChI is InChI=1S/C26H33N2O3P/c1-5-6-20-31-32(29,25-18-14-23(15-19-25)28(2)3)26(27-22-10-8-7-9-11-22)21-12-16-24(30-4)17-13-21/h7-19,26-27H,5-6,20H2,1-4H3/t26-,32+/m0/s1. The van der Waals surface area contributed by atoms with Gasteiger partial charge in [0.1, 0.15) is 11.5 Å². The van der Waals surface area contributed by atoms with Crippen molar-refractivity contribution in [3.05, 3.63) is 84.4 Å². The Morgan fingerprint density at radius 2 is 1.59 bits per heavy atom. The van der Waals surface area contributed by atoms with Crippen LogP contribution >= 0.6 is 7.37 Å². The van der Waals surface area contributed by atoms with Crippen molar-refractivity contribution in [2.75, 3.05) is 38.0 Å². The number of nitrogens with one attached hydrogen (secondary N) is 1. The molecule has 0 saturated carbocycles. The molecule has 0 bridgehead atoms. The highest BCUT2D eigenvalue weighted by atomic mass is 31.2. The van der Waals surface area contributed by atoms with Gasteiger partial charge in [0, 0.05) is 30.8 Å². The number of benzene rings is 3. The Bertz CT molecular complexity index is 1010. The molecule has 0 radical (unpaired) electrons. The molecule has 0 aromatic heterocycles. The molecule has 6 heteroatoms. The van der Waals surface area contributed by atoms with Gasteiger partial charge < -0.3 is 19.5 Å². The molecule has 2 atom stereocenters. The predicted octanol–water partition coefficient (Wildman–Crippen LogP) is 6.29. The molecule has 0 heterocycles. The fourth-order valence-corrected chi connectivity index (χ4v) is 5.89. The van der Waals surface area contributed by atoms with E-state index in [0.29, 0.717) is 11.9 Å². The number of anilines is 2. The molecule has 0 aliphatic heterocycles. The van der Waals surface area contributed by atoms with Crippen molar-refractivity contribution >= 4 is 24.0 Å². The molecular formula is C26H33N2O3P. The van der Waals surface area contributed by atoms with Crippen LogP contribution in [0.2, 0.25) is 0 Å². The van der Waals surface area contributed by atoms with Crippen molar-refractivity contribution in [1.82, 2.24) is 0 Å². The highest BCUT2D eigenvalue weighted by Gasteiger charge is 2.38. The first-order valence-corrected chi connectivity index (χ1v) is 12.6. The van der Waals surface area contributed by atoms with Crippen LogP contribution in [-0.2, 0) is 9.09 Å². The minimum absolute atomic E-state index is 0.437. The Balaban J connectivity index is 2.09. The van der Waals surface area contributed by atoms with Gasteiger partial charge in [-0.3, -0.25) is 4.57 Å². The third-order valence-electron chi connectivity index (χ3n) is 5.36. The van der Waals surface area contributed by atoms with Crippen LogP contribution < -0.4 is 20.3 Å². The first-order valence-electron chi connectivity index (χ1n) is 11.0. The fraction of sp³-hybridized carbons (Fsp3) is 0.308. The summed E-state index contributed by atoms with van der Waals surface area (Å²) in [5.74, 6) is 0.210. The summed E-state index contributed by atoms with van der Waals surface area (Å²) in [7, 11) is 2.27. The van der Waals surface area contributed by atoms with Crippen molar-refractivity contribution in [1.29, 1.82) is 0 Å². The molecule has 0 aliphatic rings. The Labute approximate surface area is 191 Å². The molecule has 3 aromatic carbocycles. The minimum atomic E-state index is -3.34. The summed E-state index contributed by atoms with van der Waals surface area (Å²) in [4.78, 5) is 2.02. The van der Waals surface area contributed by atoms with E-state index in [4.69, 9.17) is 9.26 Å². The van der Waals surface area contributed by atoms with Crippen LogP contribution in [0.3, 0.4) is 0 Å². The van der Waals surface area contributed by atoms with Crippen LogP contribution in [0.1, 0.15) is 31.1 Å². The van der Waals surface area contributed by atoms with E-state index in [2.05, 4.69) is 12.2 Å². The van der Waals surface area contributed by atoms with E-state index in [-0.39, 0.29) is 0 Å². The molecule has 1 N–H and O–H groups in total. The molecular weight excluding hydrogens is 419 g/mol. The first kappa shape index (κ1) is 23.9. The largest absolute Gasteiger partial charge is 0.497 e. The second kappa shape index (κ2) is 11.2. The van der Waals surface area contributed by atoms with E-state index in [1.807, 2.05) is 97.9 Å². The Morgan fingerprint density at radius 1 is 0.938 bits per heavy atom. The molecule has 32 heavy (non-hydrogen) atoms. The average Bonchev–Trinajstić information content (AvgIpc) is 2.83. The third kappa shape index (κ3) is 5.73. The van der Waals surface area contributed by atoms with Crippen molar-refractivity contribution in [2.45, 2.75) is 25.5 Å². The lowest BCUT2D eigenvalue weighted by molar-refractivity contribution is 0.308. The quantitative estimate of drug-likeness (QED) is 0.274.